The number of rotatable bonds is 8. The predicted molar refractivity (Wildman–Crippen MR) is 189 cm³/mol. The Morgan fingerprint density at radius 1 is 1.04 bits per heavy atom. The number of aryl methyl sites for hydroxylation is 3. The van der Waals surface area contributed by atoms with Crippen LogP contribution < -0.4 is 20.3 Å². The molecule has 1 aromatic carbocycles. The average Bonchev–Trinajstić information content (AvgIpc) is 3.76. The van der Waals surface area contributed by atoms with E-state index in [1.54, 1.807) is 81.5 Å². The minimum absolute atomic E-state index is 0.161. The van der Waals surface area contributed by atoms with Gasteiger partial charge in [0.25, 0.3) is 11.8 Å². The molecule has 1 unspecified atom stereocenters. The lowest BCUT2D eigenvalue weighted by molar-refractivity contribution is -0.131. The number of hydrogen-bond donors (Lipinski definition) is 3. The van der Waals surface area contributed by atoms with E-state index in [2.05, 4.69) is 15.6 Å². The molecule has 0 fully saturated rings. The number of hydrogen-bond acceptors (Lipinski definition) is 8. The number of nitrogens with zero attached hydrogens (tertiary/aromatic N) is 3. The molecule has 1 aliphatic rings. The van der Waals surface area contributed by atoms with Crippen molar-refractivity contribution in [1.29, 1.82) is 0 Å². The normalized spacial score (nSPS) is 14.2. The minimum Gasteiger partial charge on any atom is -0.465 e. The van der Waals surface area contributed by atoms with E-state index in [0.717, 1.165) is 0 Å². The number of alkyl halides is 1. The summed E-state index contributed by atoms with van der Waals surface area (Å²) in [5.74, 6) is -1.94. The topological polar surface area (TPSA) is 166 Å². The lowest BCUT2D eigenvalue weighted by Crippen LogP contribution is -2.28. The van der Waals surface area contributed by atoms with E-state index in [0.29, 0.717) is 50.6 Å². The van der Waals surface area contributed by atoms with Gasteiger partial charge in [0, 0.05) is 80.7 Å². The Kier molecular flexibility index (Phi) is 9.87. The van der Waals surface area contributed by atoms with E-state index >= 15 is 0 Å². The van der Waals surface area contributed by atoms with Gasteiger partial charge in [0.15, 0.2) is 5.75 Å². The van der Waals surface area contributed by atoms with Gasteiger partial charge in [0.05, 0.1) is 35.3 Å². The summed E-state index contributed by atoms with van der Waals surface area (Å²) in [7, 11) is 4.73. The van der Waals surface area contributed by atoms with Crippen molar-refractivity contribution in [1.82, 2.24) is 14.1 Å². The Bertz CT molecular complexity index is 2060. The maximum atomic E-state index is 13.7. The van der Waals surface area contributed by atoms with Crippen LogP contribution >= 0.6 is 11.6 Å². The van der Waals surface area contributed by atoms with Crippen LogP contribution in [0, 0.1) is 6.92 Å². The molecule has 0 aliphatic carbocycles. The molecule has 3 amide bonds. The highest BCUT2D eigenvalue weighted by Crippen LogP contribution is 2.47. The van der Waals surface area contributed by atoms with E-state index in [1.165, 1.54) is 31.1 Å². The second kappa shape index (κ2) is 13.8. The molecule has 0 radical (unpaired) electrons. The van der Waals surface area contributed by atoms with Crippen LogP contribution in [-0.4, -0.2) is 69.1 Å². The van der Waals surface area contributed by atoms with Crippen LogP contribution in [0.25, 0.3) is 17.0 Å². The highest BCUT2D eigenvalue weighted by Gasteiger charge is 2.37. The molecule has 15 heteroatoms. The van der Waals surface area contributed by atoms with Gasteiger partial charge in [-0.1, -0.05) is 0 Å². The summed E-state index contributed by atoms with van der Waals surface area (Å²) in [5.41, 5.74) is 3.47. The van der Waals surface area contributed by atoms with Gasteiger partial charge in [0.2, 0.25) is 0 Å². The highest BCUT2D eigenvalue weighted by molar-refractivity contribution is 6.20. The zero-order valence-corrected chi connectivity index (χ0v) is 29.8. The number of anilines is 3. The number of fused-ring (bicyclic) bond motifs is 3. The van der Waals surface area contributed by atoms with Crippen molar-refractivity contribution in [2.24, 2.45) is 14.1 Å². The maximum absolute atomic E-state index is 13.7. The Hall–Kier alpha value is -5.50. The van der Waals surface area contributed by atoms with E-state index in [9.17, 15) is 24.0 Å². The second-order valence-electron chi connectivity index (χ2n) is 13.0. The molecule has 264 valence electrons. The Morgan fingerprint density at radius 3 is 2.36 bits per heavy atom. The number of H-pyrrole nitrogens is 1. The fourth-order valence-electron chi connectivity index (χ4n) is 5.99. The number of aromatic nitrogens is 3. The van der Waals surface area contributed by atoms with Gasteiger partial charge in [-0.25, -0.2) is 9.59 Å². The molecule has 0 bridgehead atoms. The van der Waals surface area contributed by atoms with E-state index < -0.39 is 29.5 Å². The van der Waals surface area contributed by atoms with Gasteiger partial charge in [0.1, 0.15) is 11.3 Å². The first kappa shape index (κ1) is 35.8. The summed E-state index contributed by atoms with van der Waals surface area (Å²) in [6, 6.07) is 4.84. The zero-order valence-electron chi connectivity index (χ0n) is 29.0. The number of ether oxygens (including phenoxy) is 3. The summed E-state index contributed by atoms with van der Waals surface area (Å²) in [6.07, 6.45) is 5.67. The standard InChI is InChI=1S/C35H39ClN6O8/c1-18-28(33(46)48-8)30-29-20(14-36)15-42(24(29)13-26(31(30)37-18)49-19(2)43)27(44)10-9-23-11-21(16-40(23)6)38-32(45)25-12-22(17-41(25)7)39-34(47)50-35(3,4)5/h9-13,16-17,20,37H,14-15H2,1-8H3,(H,38,45)(H,39,47)/b10-9+. The van der Waals surface area contributed by atoms with Crippen molar-refractivity contribution in [2.45, 2.75) is 46.1 Å². The van der Waals surface area contributed by atoms with Crippen LogP contribution in [0.3, 0.4) is 0 Å². The highest BCUT2D eigenvalue weighted by atomic mass is 35.5. The molecule has 3 aromatic heterocycles. The maximum Gasteiger partial charge on any atom is 0.412 e. The van der Waals surface area contributed by atoms with Gasteiger partial charge in [-0.15, -0.1) is 11.6 Å². The van der Waals surface area contributed by atoms with Crippen LogP contribution in [0.5, 0.6) is 5.75 Å². The molecular formula is C35H39ClN6O8. The molecule has 50 heavy (non-hydrogen) atoms. The first-order valence-electron chi connectivity index (χ1n) is 15.7. The van der Waals surface area contributed by atoms with Gasteiger partial charge in [-0.2, -0.15) is 0 Å². The van der Waals surface area contributed by atoms with Gasteiger partial charge in [-0.3, -0.25) is 19.7 Å². The molecule has 0 saturated carbocycles. The van der Waals surface area contributed by atoms with Crippen LogP contribution in [0.4, 0.5) is 21.9 Å². The number of halogens is 1. The lowest BCUT2D eigenvalue weighted by Gasteiger charge is -2.19. The Balaban J connectivity index is 1.38. The minimum atomic E-state index is -0.673. The smallest absolute Gasteiger partial charge is 0.412 e. The van der Waals surface area contributed by atoms with Crippen LogP contribution in [0.2, 0.25) is 0 Å². The summed E-state index contributed by atoms with van der Waals surface area (Å²) in [5, 5.41) is 5.95. The Morgan fingerprint density at radius 2 is 1.72 bits per heavy atom. The first-order valence-corrected chi connectivity index (χ1v) is 16.2. The molecular weight excluding hydrogens is 668 g/mol. The van der Waals surface area contributed by atoms with Crippen LogP contribution in [-0.2, 0) is 33.2 Å². The fraction of sp³-hybridized carbons (Fsp3) is 0.343. The SMILES string of the molecule is COC(=O)c1c(C)[nH]c2c(OC(C)=O)cc3c(c12)C(CCl)CN3C(=O)/C=C/c1cc(NC(=O)c2cc(NC(=O)OC(C)(C)C)cn2C)cn1C. The van der Waals surface area contributed by atoms with Crippen molar-refractivity contribution in [2.75, 3.05) is 35.1 Å². The van der Waals surface area contributed by atoms with Crippen molar-refractivity contribution < 1.29 is 38.2 Å². The molecule has 3 N–H and O–H groups in total. The number of methoxy groups -OCH3 is 1. The van der Waals surface area contributed by atoms with Crippen LogP contribution in [0.1, 0.15) is 71.4 Å². The third-order valence-corrected chi connectivity index (χ3v) is 8.40. The first-order chi connectivity index (χ1) is 23.5. The van der Waals surface area contributed by atoms with Crippen molar-refractivity contribution in [3.05, 3.63) is 64.9 Å². The van der Waals surface area contributed by atoms with Gasteiger partial charge in [-0.05, 0) is 51.5 Å². The van der Waals surface area contributed by atoms with Crippen molar-refractivity contribution in [3.8, 4) is 5.75 Å². The third kappa shape index (κ3) is 7.25. The predicted octanol–water partition coefficient (Wildman–Crippen LogP) is 5.85. The molecule has 5 rings (SSSR count). The van der Waals surface area contributed by atoms with E-state index in [-0.39, 0.29) is 35.6 Å². The number of nitrogens with one attached hydrogen (secondary N) is 3. The van der Waals surface area contributed by atoms with Crippen molar-refractivity contribution in [3.63, 3.8) is 0 Å². The molecule has 1 atom stereocenters. The third-order valence-electron chi connectivity index (χ3n) is 8.03. The summed E-state index contributed by atoms with van der Waals surface area (Å²) >= 11 is 6.41. The monoisotopic (exact) mass is 706 g/mol. The fourth-order valence-corrected chi connectivity index (χ4v) is 6.24. The number of aromatic amines is 1. The molecule has 4 aromatic rings. The number of benzene rings is 1. The quantitative estimate of drug-likeness (QED) is 0.0889. The molecule has 14 nitrogen and oxygen atoms in total. The van der Waals surface area contributed by atoms with Gasteiger partial charge < -0.3 is 38.5 Å². The molecule has 0 saturated heterocycles. The largest absolute Gasteiger partial charge is 0.465 e. The number of amides is 3. The molecule has 1 aliphatic heterocycles. The van der Waals surface area contributed by atoms with E-state index in [1.807, 2.05) is 0 Å². The van der Waals surface area contributed by atoms with Crippen LogP contribution in [0.15, 0.2) is 36.7 Å². The Labute approximate surface area is 293 Å². The lowest BCUT2D eigenvalue weighted by atomic mass is 9.95. The van der Waals surface area contributed by atoms with E-state index in [4.69, 9.17) is 25.8 Å². The number of carbonyl (C=O) groups excluding carboxylic acids is 5. The summed E-state index contributed by atoms with van der Waals surface area (Å²) in [6.45, 7) is 8.47. The molecule has 0 spiro atoms. The summed E-state index contributed by atoms with van der Waals surface area (Å²) < 4.78 is 19.2. The summed E-state index contributed by atoms with van der Waals surface area (Å²) in [4.78, 5) is 68.6. The molecule has 4 heterocycles. The van der Waals surface area contributed by atoms with Gasteiger partial charge >= 0.3 is 18.0 Å². The zero-order chi connectivity index (χ0) is 36.7. The number of carbonyl (C=O) groups is 5. The second-order valence-corrected chi connectivity index (χ2v) is 13.3. The van der Waals surface area contributed by atoms with Crippen molar-refractivity contribution >= 4 is 75.5 Å². The number of esters is 2. The average molecular weight is 707 g/mol.